The van der Waals surface area contributed by atoms with Gasteiger partial charge in [0.1, 0.15) is 11.2 Å². The van der Waals surface area contributed by atoms with E-state index in [1.807, 2.05) is 18.2 Å². The Bertz CT molecular complexity index is 2510. The summed E-state index contributed by atoms with van der Waals surface area (Å²) in [4.78, 5) is 0. The Hall–Kier alpha value is -5.66. The molecule has 0 unspecified atom stereocenters. The zero-order valence-electron chi connectivity index (χ0n) is 24.5. The molecule has 0 aliphatic rings. The quantitative estimate of drug-likeness (QED) is 0.208. The largest absolute Gasteiger partial charge is 0.456 e. The van der Waals surface area contributed by atoms with Crippen molar-refractivity contribution >= 4 is 55.6 Å². The Kier molecular flexibility index (Phi) is 6.24. The third-order valence-corrected chi connectivity index (χ3v) is 8.79. The maximum atomic E-state index is 6.07. The maximum absolute atomic E-state index is 6.07. The molecule has 0 saturated heterocycles. The van der Waals surface area contributed by atoms with Crippen LogP contribution in [0.3, 0.4) is 0 Å². The molecular weight excluding hydrogens is 532 g/mol. The Balaban J connectivity index is 1.33. The molecule has 208 valence electrons. The maximum Gasteiger partial charge on any atom is 0.135 e. The fourth-order valence-corrected chi connectivity index (χ4v) is 6.77. The molecule has 8 aromatic rings. The lowest BCUT2D eigenvalue weighted by atomic mass is 9.87. The fourth-order valence-electron chi connectivity index (χ4n) is 6.77. The van der Waals surface area contributed by atoms with Gasteiger partial charge in [0.25, 0.3) is 0 Å². The van der Waals surface area contributed by atoms with E-state index in [0.29, 0.717) is 0 Å². The van der Waals surface area contributed by atoms with Crippen LogP contribution in [0, 0.1) is 0 Å². The molecule has 1 aromatic heterocycles. The van der Waals surface area contributed by atoms with Crippen molar-refractivity contribution in [1.82, 2.24) is 0 Å². The highest BCUT2D eigenvalue weighted by Crippen LogP contribution is 2.35. The summed E-state index contributed by atoms with van der Waals surface area (Å²) in [5.41, 5.74) is 9.07. The molecule has 0 bridgehead atoms. The average Bonchev–Trinajstić information content (AvgIpc) is 3.46. The van der Waals surface area contributed by atoms with Crippen molar-refractivity contribution in [2.45, 2.75) is 6.92 Å². The van der Waals surface area contributed by atoms with Crippen LogP contribution in [-0.4, -0.2) is 0 Å². The number of fused-ring (bicyclic) bond motifs is 5. The van der Waals surface area contributed by atoms with E-state index in [0.717, 1.165) is 21.9 Å². The Morgan fingerprint density at radius 3 is 1.82 bits per heavy atom. The van der Waals surface area contributed by atoms with Gasteiger partial charge >= 0.3 is 0 Å². The van der Waals surface area contributed by atoms with Crippen LogP contribution in [-0.2, 0) is 0 Å². The number of hydrogen-bond acceptors (Lipinski definition) is 1. The molecular formula is C43H30O. The van der Waals surface area contributed by atoms with Gasteiger partial charge < -0.3 is 4.42 Å². The van der Waals surface area contributed by atoms with Crippen molar-refractivity contribution in [3.8, 4) is 33.4 Å². The number of allylic oxidation sites excluding steroid dienone is 1. The average molecular weight is 563 g/mol. The van der Waals surface area contributed by atoms with Gasteiger partial charge in [-0.2, -0.15) is 0 Å². The number of benzene rings is 7. The molecule has 0 fully saturated rings. The molecule has 0 aliphatic heterocycles. The first-order chi connectivity index (χ1) is 21.7. The molecule has 1 heteroatoms. The van der Waals surface area contributed by atoms with Crippen LogP contribution < -0.4 is 10.4 Å². The number of furan rings is 1. The zero-order chi connectivity index (χ0) is 29.6. The molecule has 7 aromatic carbocycles. The van der Waals surface area contributed by atoms with Crippen LogP contribution in [0.5, 0.6) is 0 Å². The van der Waals surface area contributed by atoms with Crippen LogP contribution in [0.4, 0.5) is 0 Å². The Morgan fingerprint density at radius 2 is 1.07 bits per heavy atom. The smallest absolute Gasteiger partial charge is 0.135 e. The second-order valence-electron chi connectivity index (χ2n) is 11.3. The summed E-state index contributed by atoms with van der Waals surface area (Å²) in [6, 6.07) is 47.8. The van der Waals surface area contributed by atoms with Gasteiger partial charge in [-0.25, -0.2) is 0 Å². The third kappa shape index (κ3) is 4.17. The lowest BCUT2D eigenvalue weighted by Gasteiger charge is -2.16. The van der Waals surface area contributed by atoms with Crippen molar-refractivity contribution in [3.05, 3.63) is 157 Å². The summed E-state index contributed by atoms with van der Waals surface area (Å²) in [5, 5.41) is 9.65. The molecule has 0 saturated carbocycles. The number of hydrogen-bond donors (Lipinski definition) is 0. The second kappa shape index (κ2) is 10.6. The van der Waals surface area contributed by atoms with Crippen molar-refractivity contribution in [1.29, 1.82) is 0 Å². The van der Waals surface area contributed by atoms with Crippen LogP contribution in [0.2, 0.25) is 0 Å². The van der Waals surface area contributed by atoms with E-state index in [9.17, 15) is 0 Å². The molecule has 1 heterocycles. The van der Waals surface area contributed by atoms with E-state index in [-0.39, 0.29) is 0 Å². The minimum absolute atomic E-state index is 0.915. The topological polar surface area (TPSA) is 13.1 Å². The molecule has 0 atom stereocenters. The highest BCUT2D eigenvalue weighted by atomic mass is 16.3. The Morgan fingerprint density at radius 1 is 0.477 bits per heavy atom. The summed E-state index contributed by atoms with van der Waals surface area (Å²) >= 11 is 0. The zero-order valence-corrected chi connectivity index (χ0v) is 24.5. The van der Waals surface area contributed by atoms with Crippen LogP contribution in [0.1, 0.15) is 6.92 Å². The van der Waals surface area contributed by atoms with Crippen LogP contribution in [0.25, 0.3) is 89.0 Å². The monoisotopic (exact) mass is 562 g/mol. The highest BCUT2D eigenvalue weighted by Gasteiger charge is 2.15. The van der Waals surface area contributed by atoms with E-state index in [2.05, 4.69) is 147 Å². The summed E-state index contributed by atoms with van der Waals surface area (Å²) in [5.74, 6) is 0. The lowest BCUT2D eigenvalue weighted by Crippen LogP contribution is -2.29. The molecule has 0 spiro atoms. The van der Waals surface area contributed by atoms with E-state index in [1.165, 1.54) is 65.4 Å². The van der Waals surface area contributed by atoms with Gasteiger partial charge in [-0.15, -0.1) is 0 Å². The summed E-state index contributed by atoms with van der Waals surface area (Å²) in [6.45, 7) is 6.24. The van der Waals surface area contributed by atoms with Gasteiger partial charge in [0.05, 0.1) is 0 Å². The van der Waals surface area contributed by atoms with Crippen LogP contribution >= 0.6 is 0 Å². The number of para-hydroxylation sites is 1. The summed E-state index contributed by atoms with van der Waals surface area (Å²) in [7, 11) is 0. The van der Waals surface area contributed by atoms with Gasteiger partial charge in [0, 0.05) is 10.8 Å². The first kappa shape index (κ1) is 26.0. The van der Waals surface area contributed by atoms with Crippen molar-refractivity contribution in [3.63, 3.8) is 0 Å². The summed E-state index contributed by atoms with van der Waals surface area (Å²) < 4.78 is 6.07. The third-order valence-electron chi connectivity index (χ3n) is 8.79. The predicted octanol–water partition coefficient (Wildman–Crippen LogP) is 10.7. The molecule has 0 N–H and O–H groups in total. The standard InChI is InChI=1S/C43H30O/c1-3-11-36-34(4-2)42(37-15-7-8-16-38(37)43(36)33-23-20-28-12-5-6-13-31(28)26-33)30-21-18-29(19-22-30)32-24-25-41-39(27-32)35-14-9-10-17-40(35)44-41/h3-27H,1H2,2H3/b34-4+,36-11+. The molecule has 0 amide bonds. The first-order valence-electron chi connectivity index (χ1n) is 15.1. The molecule has 0 aliphatic carbocycles. The number of rotatable bonds is 4. The van der Waals surface area contributed by atoms with Gasteiger partial charge in [0.2, 0.25) is 0 Å². The van der Waals surface area contributed by atoms with Crippen molar-refractivity contribution in [2.75, 3.05) is 0 Å². The minimum atomic E-state index is 0.915. The van der Waals surface area contributed by atoms with Crippen molar-refractivity contribution in [2.24, 2.45) is 0 Å². The van der Waals surface area contributed by atoms with E-state index in [4.69, 9.17) is 4.42 Å². The van der Waals surface area contributed by atoms with E-state index >= 15 is 0 Å². The molecule has 44 heavy (non-hydrogen) atoms. The normalized spacial score (nSPS) is 12.6. The van der Waals surface area contributed by atoms with Crippen LogP contribution in [0.15, 0.2) is 151 Å². The SMILES string of the molecule is C=C/C=c1/c(-c2ccc3ccccc3c2)c2ccccc2c(-c2ccc(-c3ccc4oc5ccccc5c4c3)cc2)/c1=C/C. The summed E-state index contributed by atoms with van der Waals surface area (Å²) in [6.07, 6.45) is 6.31. The van der Waals surface area contributed by atoms with Gasteiger partial charge in [-0.3, -0.25) is 0 Å². The lowest BCUT2D eigenvalue weighted by molar-refractivity contribution is 0.669. The Labute approximate surface area is 256 Å². The van der Waals surface area contributed by atoms with Gasteiger partial charge in [0.15, 0.2) is 0 Å². The van der Waals surface area contributed by atoms with Gasteiger partial charge in [-0.1, -0.05) is 134 Å². The first-order valence-corrected chi connectivity index (χ1v) is 15.1. The minimum Gasteiger partial charge on any atom is -0.456 e. The second-order valence-corrected chi connectivity index (χ2v) is 11.3. The molecule has 0 radical (unpaired) electrons. The highest BCUT2D eigenvalue weighted by molar-refractivity contribution is 6.08. The van der Waals surface area contributed by atoms with Crippen molar-refractivity contribution < 1.29 is 4.42 Å². The van der Waals surface area contributed by atoms with Gasteiger partial charge in [-0.05, 0) is 96.6 Å². The molecule has 8 rings (SSSR count). The van der Waals surface area contributed by atoms with E-state index < -0.39 is 0 Å². The predicted molar refractivity (Wildman–Crippen MR) is 189 cm³/mol. The fraction of sp³-hybridized carbons (Fsp3) is 0.0233. The van der Waals surface area contributed by atoms with E-state index in [1.54, 1.807) is 0 Å². The molecule has 1 nitrogen and oxygen atoms in total.